The minimum Gasteiger partial charge on any atom is -0.496 e. The molecule has 0 aliphatic heterocycles. The van der Waals surface area contributed by atoms with Gasteiger partial charge in [-0.1, -0.05) is 18.6 Å². The molecule has 0 heterocycles. The lowest BCUT2D eigenvalue weighted by Gasteiger charge is -2.49. The second kappa shape index (κ2) is 4.05. The SMILES string of the molecule is COc1cccc2c1C(=O)[C@]1(O)CCCC[C@]1(O)C2. The van der Waals surface area contributed by atoms with Crippen LogP contribution in [0, 0.1) is 0 Å². The zero-order valence-corrected chi connectivity index (χ0v) is 11.0. The Morgan fingerprint density at radius 1 is 1.21 bits per heavy atom. The third-order valence-electron chi connectivity index (χ3n) is 4.57. The van der Waals surface area contributed by atoms with Gasteiger partial charge in [-0.05, 0) is 30.9 Å². The van der Waals surface area contributed by atoms with E-state index in [1.165, 1.54) is 7.11 Å². The highest BCUT2D eigenvalue weighted by Gasteiger charge is 2.59. The smallest absolute Gasteiger partial charge is 0.201 e. The van der Waals surface area contributed by atoms with Crippen molar-refractivity contribution >= 4 is 5.78 Å². The molecule has 1 fully saturated rings. The van der Waals surface area contributed by atoms with Crippen molar-refractivity contribution in [2.24, 2.45) is 0 Å². The Morgan fingerprint density at radius 3 is 2.68 bits per heavy atom. The molecule has 0 bridgehead atoms. The van der Waals surface area contributed by atoms with E-state index in [9.17, 15) is 15.0 Å². The lowest BCUT2D eigenvalue weighted by atomic mass is 9.61. The van der Waals surface area contributed by atoms with Crippen molar-refractivity contribution in [3.8, 4) is 5.75 Å². The van der Waals surface area contributed by atoms with E-state index in [0.29, 0.717) is 30.6 Å². The molecule has 102 valence electrons. The van der Waals surface area contributed by atoms with E-state index in [-0.39, 0.29) is 0 Å². The number of benzene rings is 1. The molecule has 4 heteroatoms. The monoisotopic (exact) mass is 262 g/mol. The molecule has 4 nitrogen and oxygen atoms in total. The van der Waals surface area contributed by atoms with Gasteiger partial charge in [-0.25, -0.2) is 0 Å². The van der Waals surface area contributed by atoms with Crippen molar-refractivity contribution in [2.75, 3.05) is 7.11 Å². The summed E-state index contributed by atoms with van der Waals surface area (Å²) < 4.78 is 5.23. The molecule has 1 saturated carbocycles. The third kappa shape index (κ3) is 1.56. The number of Topliss-reactive ketones (excluding diaryl/α,β-unsaturated/α-hetero) is 1. The van der Waals surface area contributed by atoms with Gasteiger partial charge in [0.1, 0.15) is 11.4 Å². The molecular formula is C15H18O4. The fraction of sp³-hybridized carbons (Fsp3) is 0.533. The molecule has 0 spiro atoms. The predicted octanol–water partition coefficient (Wildman–Crippen LogP) is 1.47. The van der Waals surface area contributed by atoms with E-state index in [1.807, 2.05) is 12.1 Å². The van der Waals surface area contributed by atoms with Gasteiger partial charge in [0.2, 0.25) is 5.78 Å². The molecule has 1 aromatic carbocycles. The first-order valence-electron chi connectivity index (χ1n) is 6.67. The lowest BCUT2D eigenvalue weighted by Crippen LogP contribution is -2.64. The van der Waals surface area contributed by atoms with Gasteiger partial charge in [-0.3, -0.25) is 4.79 Å². The predicted molar refractivity (Wildman–Crippen MR) is 69.4 cm³/mol. The minimum absolute atomic E-state index is 0.307. The fourth-order valence-electron chi connectivity index (χ4n) is 3.47. The van der Waals surface area contributed by atoms with Gasteiger partial charge in [-0.2, -0.15) is 0 Å². The van der Waals surface area contributed by atoms with E-state index in [0.717, 1.165) is 18.4 Å². The highest BCUT2D eigenvalue weighted by atomic mass is 16.5. The average molecular weight is 262 g/mol. The van der Waals surface area contributed by atoms with Crippen LogP contribution in [0.15, 0.2) is 18.2 Å². The van der Waals surface area contributed by atoms with Crippen molar-refractivity contribution in [2.45, 2.75) is 43.3 Å². The van der Waals surface area contributed by atoms with Crippen molar-refractivity contribution in [1.29, 1.82) is 0 Å². The molecular weight excluding hydrogens is 244 g/mol. The second-order valence-corrected chi connectivity index (χ2v) is 5.60. The van der Waals surface area contributed by atoms with Crippen LogP contribution in [0.2, 0.25) is 0 Å². The Hall–Kier alpha value is -1.39. The van der Waals surface area contributed by atoms with Gasteiger partial charge in [0, 0.05) is 6.42 Å². The zero-order chi connectivity index (χ0) is 13.7. The Morgan fingerprint density at radius 2 is 1.95 bits per heavy atom. The number of carbonyl (C=O) groups excluding carboxylic acids is 1. The summed E-state index contributed by atoms with van der Waals surface area (Å²) in [6.07, 6.45) is 2.69. The number of ether oxygens (including phenoxy) is 1. The van der Waals surface area contributed by atoms with Gasteiger partial charge in [-0.15, -0.1) is 0 Å². The number of fused-ring (bicyclic) bond motifs is 2. The molecule has 0 saturated heterocycles. The topological polar surface area (TPSA) is 66.8 Å². The molecule has 0 radical (unpaired) electrons. The van der Waals surface area contributed by atoms with Gasteiger partial charge < -0.3 is 14.9 Å². The van der Waals surface area contributed by atoms with Crippen LogP contribution < -0.4 is 4.74 Å². The molecule has 2 atom stereocenters. The molecule has 19 heavy (non-hydrogen) atoms. The van der Waals surface area contributed by atoms with Gasteiger partial charge in [0.15, 0.2) is 5.60 Å². The summed E-state index contributed by atoms with van der Waals surface area (Å²) >= 11 is 0. The van der Waals surface area contributed by atoms with Gasteiger partial charge >= 0.3 is 0 Å². The number of rotatable bonds is 1. The number of hydrogen-bond donors (Lipinski definition) is 2. The van der Waals surface area contributed by atoms with E-state index in [2.05, 4.69) is 0 Å². The van der Waals surface area contributed by atoms with Crippen molar-refractivity contribution < 1.29 is 19.7 Å². The maximum Gasteiger partial charge on any atom is 0.201 e. The molecule has 1 aromatic rings. The number of carbonyl (C=O) groups is 1. The summed E-state index contributed by atoms with van der Waals surface area (Å²) in [7, 11) is 1.51. The van der Waals surface area contributed by atoms with E-state index in [1.54, 1.807) is 6.07 Å². The molecule has 0 aromatic heterocycles. The maximum atomic E-state index is 12.7. The minimum atomic E-state index is -1.66. The van der Waals surface area contributed by atoms with Crippen LogP contribution in [-0.4, -0.2) is 34.3 Å². The van der Waals surface area contributed by atoms with Crippen molar-refractivity contribution in [3.05, 3.63) is 29.3 Å². The van der Waals surface area contributed by atoms with Crippen LogP contribution in [0.1, 0.15) is 41.6 Å². The van der Waals surface area contributed by atoms with Crippen LogP contribution in [0.5, 0.6) is 5.75 Å². The first-order chi connectivity index (χ1) is 9.02. The summed E-state index contributed by atoms with van der Waals surface area (Å²) in [6.45, 7) is 0. The Balaban J connectivity index is 2.19. The van der Waals surface area contributed by atoms with E-state index >= 15 is 0 Å². The average Bonchev–Trinajstić information content (AvgIpc) is 2.40. The highest BCUT2D eigenvalue weighted by Crippen LogP contribution is 2.47. The fourth-order valence-corrected chi connectivity index (χ4v) is 3.47. The summed E-state index contributed by atoms with van der Waals surface area (Å²) in [4.78, 5) is 12.7. The van der Waals surface area contributed by atoms with Crippen LogP contribution in [0.25, 0.3) is 0 Å². The quantitative estimate of drug-likeness (QED) is 0.804. The van der Waals surface area contributed by atoms with Gasteiger partial charge in [0.25, 0.3) is 0 Å². The molecule has 2 aliphatic rings. The van der Waals surface area contributed by atoms with Crippen LogP contribution in [0.4, 0.5) is 0 Å². The number of hydrogen-bond acceptors (Lipinski definition) is 4. The van der Waals surface area contributed by atoms with Gasteiger partial charge in [0.05, 0.1) is 12.7 Å². The van der Waals surface area contributed by atoms with Crippen LogP contribution in [-0.2, 0) is 6.42 Å². The Bertz CT molecular complexity index is 539. The maximum absolute atomic E-state index is 12.7. The second-order valence-electron chi connectivity index (χ2n) is 5.60. The third-order valence-corrected chi connectivity index (χ3v) is 4.57. The largest absolute Gasteiger partial charge is 0.496 e. The summed E-state index contributed by atoms with van der Waals surface area (Å²) in [5.74, 6) is 0.0805. The molecule has 3 rings (SSSR count). The highest BCUT2D eigenvalue weighted by molar-refractivity contribution is 6.08. The van der Waals surface area contributed by atoms with E-state index < -0.39 is 17.0 Å². The van der Waals surface area contributed by atoms with Crippen molar-refractivity contribution in [3.63, 3.8) is 0 Å². The molecule has 2 N–H and O–H groups in total. The number of aliphatic hydroxyl groups is 2. The van der Waals surface area contributed by atoms with Crippen LogP contribution in [0.3, 0.4) is 0 Å². The molecule has 0 amide bonds. The first-order valence-corrected chi connectivity index (χ1v) is 6.67. The van der Waals surface area contributed by atoms with Crippen LogP contribution >= 0.6 is 0 Å². The normalized spacial score (nSPS) is 33.5. The number of ketones is 1. The summed E-state index contributed by atoms with van der Waals surface area (Å²) in [5.41, 5.74) is -1.80. The zero-order valence-electron chi connectivity index (χ0n) is 11.0. The molecule has 2 aliphatic carbocycles. The Kier molecular flexibility index (Phi) is 2.69. The standard InChI is InChI=1S/C15H18O4/c1-19-11-6-4-5-10-9-14(17)7-2-3-8-15(14,18)13(16)12(10)11/h4-6,17-18H,2-3,7-9H2,1H3/t14-,15+/m0/s1. The lowest BCUT2D eigenvalue weighted by molar-refractivity contribution is -0.150. The van der Waals surface area contributed by atoms with E-state index in [4.69, 9.17) is 4.74 Å². The Labute approximate surface area is 112 Å². The van der Waals surface area contributed by atoms with Crippen molar-refractivity contribution in [1.82, 2.24) is 0 Å². The summed E-state index contributed by atoms with van der Waals surface area (Å²) in [6, 6.07) is 5.34. The summed E-state index contributed by atoms with van der Waals surface area (Å²) in [5, 5.41) is 21.4. The molecule has 0 unspecified atom stereocenters. The number of methoxy groups -OCH3 is 1. The first kappa shape index (κ1) is 12.6.